The summed E-state index contributed by atoms with van der Waals surface area (Å²) in [7, 11) is 0. The molecule has 1 nitrogen and oxygen atoms in total. The average Bonchev–Trinajstić information content (AvgIpc) is 2.29. The van der Waals surface area contributed by atoms with Gasteiger partial charge in [0.05, 0.1) is 0 Å². The van der Waals surface area contributed by atoms with E-state index in [1.54, 1.807) is 0 Å². The van der Waals surface area contributed by atoms with Crippen LogP contribution in [0.3, 0.4) is 0 Å². The van der Waals surface area contributed by atoms with Gasteiger partial charge >= 0.3 is 0 Å². The van der Waals surface area contributed by atoms with E-state index in [4.69, 9.17) is 0 Å². The second kappa shape index (κ2) is 4.33. The lowest BCUT2D eigenvalue weighted by Gasteiger charge is -2.20. The van der Waals surface area contributed by atoms with Crippen molar-refractivity contribution in [2.24, 2.45) is 0 Å². The third-order valence-corrected chi connectivity index (χ3v) is 3.08. The lowest BCUT2D eigenvalue weighted by Crippen LogP contribution is -2.11. The van der Waals surface area contributed by atoms with Crippen LogP contribution in [0.5, 0.6) is 0 Å². The maximum atomic E-state index is 4.06. The molecule has 0 amide bonds. The van der Waals surface area contributed by atoms with Crippen LogP contribution in [-0.2, 0) is 5.41 Å². The van der Waals surface area contributed by atoms with Gasteiger partial charge in [-0.25, -0.2) is 0 Å². The van der Waals surface area contributed by atoms with Crippen molar-refractivity contribution < 1.29 is 0 Å². The third kappa shape index (κ3) is 2.55. The lowest BCUT2D eigenvalue weighted by atomic mass is 9.85. The summed E-state index contributed by atoms with van der Waals surface area (Å²) in [5.41, 5.74) is 5.44. The Balaban J connectivity index is 2.46. The smallest absolute Gasteiger partial charge is 0.0273 e. The third-order valence-electron chi connectivity index (χ3n) is 3.08. The van der Waals surface area contributed by atoms with Gasteiger partial charge in [0, 0.05) is 12.4 Å². The van der Waals surface area contributed by atoms with E-state index in [2.05, 4.69) is 63.0 Å². The first kappa shape index (κ1) is 11.8. The van der Waals surface area contributed by atoms with Gasteiger partial charge in [-0.15, -0.1) is 0 Å². The zero-order valence-electron chi connectivity index (χ0n) is 11.0. The Morgan fingerprint density at radius 2 is 1.59 bits per heavy atom. The summed E-state index contributed by atoms with van der Waals surface area (Å²) in [6.45, 7) is 8.90. The topological polar surface area (TPSA) is 12.9 Å². The molecule has 1 aromatic carbocycles. The van der Waals surface area contributed by atoms with Crippen LogP contribution in [0.25, 0.3) is 11.1 Å². The quantitative estimate of drug-likeness (QED) is 0.703. The lowest BCUT2D eigenvalue weighted by molar-refractivity contribution is 0.590. The number of hydrogen-bond acceptors (Lipinski definition) is 1. The highest BCUT2D eigenvalue weighted by molar-refractivity contribution is 5.67. The Bertz CT molecular complexity index is 507. The van der Waals surface area contributed by atoms with Crippen LogP contribution in [0.1, 0.15) is 31.9 Å². The van der Waals surface area contributed by atoms with Crippen molar-refractivity contribution >= 4 is 0 Å². The maximum absolute atomic E-state index is 4.06. The molecule has 17 heavy (non-hydrogen) atoms. The van der Waals surface area contributed by atoms with E-state index in [0.29, 0.717) is 0 Å². The van der Waals surface area contributed by atoms with E-state index in [0.717, 1.165) is 0 Å². The molecule has 2 rings (SSSR count). The second-order valence-corrected chi connectivity index (χ2v) is 5.52. The molecule has 0 spiro atoms. The molecular formula is C16H19N. The van der Waals surface area contributed by atoms with Crippen molar-refractivity contribution in [1.82, 2.24) is 4.98 Å². The first-order chi connectivity index (χ1) is 7.98. The predicted molar refractivity (Wildman–Crippen MR) is 73.1 cm³/mol. The summed E-state index contributed by atoms with van der Waals surface area (Å²) < 4.78 is 0. The van der Waals surface area contributed by atoms with Gasteiger partial charge in [0.1, 0.15) is 0 Å². The molecule has 2 aromatic rings. The van der Waals surface area contributed by atoms with E-state index in [9.17, 15) is 0 Å². The molecule has 0 saturated heterocycles. The maximum Gasteiger partial charge on any atom is 0.0273 e. The predicted octanol–water partition coefficient (Wildman–Crippen LogP) is 4.35. The highest BCUT2D eigenvalue weighted by Crippen LogP contribution is 2.28. The standard InChI is InChI=1S/C16H19N/c1-12-11-14(16(2,3)4)5-6-15(12)13-7-9-17-10-8-13/h5-11H,1-4H3. The molecule has 0 bridgehead atoms. The van der Waals surface area contributed by atoms with Crippen LogP contribution in [0.4, 0.5) is 0 Å². The number of benzene rings is 1. The van der Waals surface area contributed by atoms with Gasteiger partial charge in [-0.3, -0.25) is 4.98 Å². The van der Waals surface area contributed by atoms with Gasteiger partial charge in [-0.2, -0.15) is 0 Å². The molecule has 0 unspecified atom stereocenters. The van der Waals surface area contributed by atoms with Gasteiger partial charge < -0.3 is 0 Å². The fourth-order valence-electron chi connectivity index (χ4n) is 1.99. The van der Waals surface area contributed by atoms with Crippen LogP contribution >= 0.6 is 0 Å². The number of aromatic nitrogens is 1. The normalized spacial score (nSPS) is 11.5. The molecule has 0 atom stereocenters. The minimum absolute atomic E-state index is 0.210. The minimum atomic E-state index is 0.210. The second-order valence-electron chi connectivity index (χ2n) is 5.52. The zero-order valence-corrected chi connectivity index (χ0v) is 11.0. The van der Waals surface area contributed by atoms with Crippen LogP contribution in [0, 0.1) is 6.92 Å². The Morgan fingerprint density at radius 1 is 0.941 bits per heavy atom. The number of rotatable bonds is 1. The zero-order chi connectivity index (χ0) is 12.5. The van der Waals surface area contributed by atoms with Gasteiger partial charge in [-0.05, 0) is 46.7 Å². The van der Waals surface area contributed by atoms with Crippen LogP contribution in [-0.4, -0.2) is 4.98 Å². The number of nitrogens with zero attached hydrogens (tertiary/aromatic N) is 1. The fraction of sp³-hybridized carbons (Fsp3) is 0.312. The Hall–Kier alpha value is -1.63. The van der Waals surface area contributed by atoms with E-state index in [-0.39, 0.29) is 5.41 Å². The van der Waals surface area contributed by atoms with Crippen molar-refractivity contribution in [2.75, 3.05) is 0 Å². The first-order valence-corrected chi connectivity index (χ1v) is 6.00. The SMILES string of the molecule is Cc1cc(C(C)(C)C)ccc1-c1ccncc1. The van der Waals surface area contributed by atoms with Crippen molar-refractivity contribution in [3.63, 3.8) is 0 Å². The summed E-state index contributed by atoms with van der Waals surface area (Å²) in [6, 6.07) is 10.8. The molecule has 0 fully saturated rings. The van der Waals surface area contributed by atoms with Crippen LogP contribution in [0.2, 0.25) is 0 Å². The molecule has 0 aliphatic heterocycles. The molecule has 0 N–H and O–H groups in total. The number of aryl methyl sites for hydroxylation is 1. The number of pyridine rings is 1. The Labute approximate surface area is 104 Å². The van der Waals surface area contributed by atoms with Crippen molar-refractivity contribution in [3.8, 4) is 11.1 Å². The molecule has 1 heteroatoms. The molecule has 0 saturated carbocycles. The Morgan fingerprint density at radius 3 is 2.12 bits per heavy atom. The molecule has 1 heterocycles. The summed E-state index contributed by atoms with van der Waals surface area (Å²) in [4.78, 5) is 4.06. The fourth-order valence-corrected chi connectivity index (χ4v) is 1.99. The summed E-state index contributed by atoms with van der Waals surface area (Å²) in [5.74, 6) is 0. The minimum Gasteiger partial charge on any atom is -0.265 e. The molecule has 1 aromatic heterocycles. The van der Waals surface area contributed by atoms with E-state index in [1.807, 2.05) is 12.4 Å². The van der Waals surface area contributed by atoms with Gasteiger partial charge in [0.2, 0.25) is 0 Å². The van der Waals surface area contributed by atoms with Crippen molar-refractivity contribution in [3.05, 3.63) is 53.9 Å². The number of hydrogen-bond donors (Lipinski definition) is 0. The van der Waals surface area contributed by atoms with E-state index in [1.165, 1.54) is 22.3 Å². The highest BCUT2D eigenvalue weighted by Gasteiger charge is 2.14. The molecule has 0 aliphatic carbocycles. The van der Waals surface area contributed by atoms with E-state index >= 15 is 0 Å². The average molecular weight is 225 g/mol. The van der Waals surface area contributed by atoms with Crippen molar-refractivity contribution in [2.45, 2.75) is 33.1 Å². The Kier molecular flexibility index (Phi) is 3.01. The summed E-state index contributed by atoms with van der Waals surface area (Å²) in [6.07, 6.45) is 3.68. The van der Waals surface area contributed by atoms with Crippen LogP contribution in [0.15, 0.2) is 42.7 Å². The molecular weight excluding hydrogens is 206 g/mol. The molecule has 88 valence electrons. The van der Waals surface area contributed by atoms with E-state index < -0.39 is 0 Å². The van der Waals surface area contributed by atoms with Gasteiger partial charge in [0.15, 0.2) is 0 Å². The molecule has 0 radical (unpaired) electrons. The van der Waals surface area contributed by atoms with Crippen molar-refractivity contribution in [1.29, 1.82) is 0 Å². The first-order valence-electron chi connectivity index (χ1n) is 6.00. The highest BCUT2D eigenvalue weighted by atomic mass is 14.6. The summed E-state index contributed by atoms with van der Waals surface area (Å²) >= 11 is 0. The largest absolute Gasteiger partial charge is 0.265 e. The monoisotopic (exact) mass is 225 g/mol. The summed E-state index contributed by atoms with van der Waals surface area (Å²) in [5, 5.41) is 0. The van der Waals surface area contributed by atoms with Crippen LogP contribution < -0.4 is 0 Å². The van der Waals surface area contributed by atoms with Gasteiger partial charge in [0.25, 0.3) is 0 Å². The van der Waals surface area contributed by atoms with Gasteiger partial charge in [-0.1, -0.05) is 39.0 Å². The molecule has 0 aliphatic rings.